The maximum absolute atomic E-state index is 12.9. The molecule has 0 aromatic heterocycles. The van der Waals surface area contributed by atoms with Crippen molar-refractivity contribution in [2.75, 3.05) is 10.8 Å². The quantitative estimate of drug-likeness (QED) is 0.714. The molecule has 0 spiro atoms. The molecule has 10 heteroatoms. The van der Waals surface area contributed by atoms with E-state index in [1.165, 1.54) is 0 Å². The minimum absolute atomic E-state index is 0.0705. The van der Waals surface area contributed by atoms with Crippen molar-refractivity contribution in [3.63, 3.8) is 0 Å². The Hall–Kier alpha value is -1.45. The highest BCUT2D eigenvalue weighted by atomic mass is 32.2. The van der Waals surface area contributed by atoms with E-state index in [4.69, 9.17) is 0 Å². The first-order chi connectivity index (χ1) is 10.3. The van der Waals surface area contributed by atoms with E-state index in [0.717, 1.165) is 12.1 Å². The molecule has 0 unspecified atom stereocenters. The molecule has 3 nitrogen and oxygen atoms in total. The lowest BCUT2D eigenvalue weighted by molar-refractivity contribution is -0.137. The molecule has 1 aromatic carbocycles. The summed E-state index contributed by atoms with van der Waals surface area (Å²) >= 11 is 0. The number of halogens is 6. The van der Waals surface area contributed by atoms with Gasteiger partial charge < -0.3 is 0 Å². The molecule has 3 rings (SSSR count). The standard InChI is InChI=1S/C13H11F6NO2S/c1-11-5-9(11)8-3-2-7(12(14,15)16)4-10(8)20(6-11)23(21,22)13(17,18)19/h2-4,9H,5-6H2,1H3/t9-,11+/m1/s1. The molecule has 2 atom stereocenters. The van der Waals surface area contributed by atoms with Crippen molar-refractivity contribution in [3.05, 3.63) is 29.3 Å². The molecule has 0 saturated heterocycles. The second-order valence-corrected chi connectivity index (χ2v) is 7.99. The fraction of sp³-hybridized carbons (Fsp3) is 0.538. The predicted molar refractivity (Wildman–Crippen MR) is 69.2 cm³/mol. The van der Waals surface area contributed by atoms with Gasteiger partial charge in [-0.3, -0.25) is 4.31 Å². The molecule has 1 fully saturated rings. The summed E-state index contributed by atoms with van der Waals surface area (Å²) in [7, 11) is -5.75. The first kappa shape index (κ1) is 16.4. The lowest BCUT2D eigenvalue weighted by Gasteiger charge is -2.34. The van der Waals surface area contributed by atoms with E-state index in [1.807, 2.05) is 0 Å². The smallest absolute Gasteiger partial charge is 0.262 e. The number of hydrogen-bond acceptors (Lipinski definition) is 2. The zero-order valence-electron chi connectivity index (χ0n) is 11.7. The van der Waals surface area contributed by atoms with Crippen LogP contribution in [0.1, 0.15) is 30.4 Å². The van der Waals surface area contributed by atoms with Crippen molar-refractivity contribution in [2.24, 2.45) is 5.41 Å². The average molecular weight is 359 g/mol. The SMILES string of the molecule is C[C@@]12C[C@@H]1c1ccc(C(F)(F)F)cc1N(S(=O)(=O)C(F)(F)F)C2. The third kappa shape index (κ3) is 2.38. The summed E-state index contributed by atoms with van der Waals surface area (Å²) in [6.07, 6.45) is -4.33. The Morgan fingerprint density at radius 1 is 1.17 bits per heavy atom. The van der Waals surface area contributed by atoms with Crippen LogP contribution in [0, 0.1) is 5.41 Å². The third-order valence-electron chi connectivity index (χ3n) is 4.44. The molecule has 128 valence electrons. The second kappa shape index (κ2) is 4.34. The van der Waals surface area contributed by atoms with Gasteiger partial charge in [0.15, 0.2) is 0 Å². The van der Waals surface area contributed by atoms with Gasteiger partial charge in [-0.1, -0.05) is 13.0 Å². The minimum atomic E-state index is -5.75. The summed E-state index contributed by atoms with van der Waals surface area (Å²) in [5.41, 5.74) is -7.75. The van der Waals surface area contributed by atoms with E-state index >= 15 is 0 Å². The van der Waals surface area contributed by atoms with Crippen LogP contribution in [0.5, 0.6) is 0 Å². The fourth-order valence-corrected chi connectivity index (χ4v) is 4.18. The number of rotatable bonds is 1. The monoisotopic (exact) mass is 359 g/mol. The van der Waals surface area contributed by atoms with Gasteiger partial charge in [-0.15, -0.1) is 0 Å². The summed E-state index contributed by atoms with van der Waals surface area (Å²) in [5.74, 6) is -0.223. The molecule has 0 radical (unpaired) electrons. The first-order valence-electron chi connectivity index (χ1n) is 6.57. The molecule has 0 N–H and O–H groups in total. The Balaban J connectivity index is 2.19. The van der Waals surface area contributed by atoms with Crippen LogP contribution in [0.25, 0.3) is 0 Å². The average Bonchev–Trinajstić information content (AvgIpc) is 3.07. The Labute approximate surface area is 127 Å². The van der Waals surface area contributed by atoms with Gasteiger partial charge in [-0.05, 0) is 35.4 Å². The number of hydrogen-bond donors (Lipinski definition) is 0. The second-order valence-electron chi connectivity index (χ2n) is 6.14. The van der Waals surface area contributed by atoms with Gasteiger partial charge in [-0.25, -0.2) is 0 Å². The molecular weight excluding hydrogens is 348 g/mol. The van der Waals surface area contributed by atoms with Crippen molar-refractivity contribution in [1.29, 1.82) is 0 Å². The van der Waals surface area contributed by atoms with Crippen molar-refractivity contribution in [2.45, 2.75) is 30.9 Å². The lowest BCUT2D eigenvalue weighted by atomic mass is 9.94. The predicted octanol–water partition coefficient (Wildman–Crippen LogP) is 3.87. The fourth-order valence-electron chi connectivity index (χ4n) is 3.05. The minimum Gasteiger partial charge on any atom is -0.262 e. The zero-order chi connectivity index (χ0) is 17.4. The van der Waals surface area contributed by atoms with Crippen molar-refractivity contribution >= 4 is 15.7 Å². The van der Waals surface area contributed by atoms with Crippen LogP contribution in [0.15, 0.2) is 18.2 Å². The number of alkyl halides is 6. The summed E-state index contributed by atoms with van der Waals surface area (Å²) in [6, 6.07) is 2.32. The van der Waals surface area contributed by atoms with E-state index in [0.29, 0.717) is 12.5 Å². The molecular formula is C13H11F6NO2S. The van der Waals surface area contributed by atoms with Gasteiger partial charge in [0.05, 0.1) is 11.3 Å². The highest BCUT2D eigenvalue weighted by Gasteiger charge is 2.61. The summed E-state index contributed by atoms with van der Waals surface area (Å²) < 4.78 is 101. The summed E-state index contributed by atoms with van der Waals surface area (Å²) in [5, 5.41) is 0. The van der Waals surface area contributed by atoms with Gasteiger partial charge in [0.25, 0.3) is 0 Å². The Morgan fingerprint density at radius 2 is 1.78 bits per heavy atom. The van der Waals surface area contributed by atoms with Crippen LogP contribution in [0.3, 0.4) is 0 Å². The molecule has 1 aromatic rings. The van der Waals surface area contributed by atoms with Crippen molar-refractivity contribution in [3.8, 4) is 0 Å². The van der Waals surface area contributed by atoms with Gasteiger partial charge in [0, 0.05) is 6.54 Å². The van der Waals surface area contributed by atoms with Gasteiger partial charge >= 0.3 is 21.7 Å². The van der Waals surface area contributed by atoms with E-state index in [-0.39, 0.29) is 15.8 Å². The van der Waals surface area contributed by atoms with E-state index in [2.05, 4.69) is 0 Å². The van der Waals surface area contributed by atoms with Crippen LogP contribution in [0.2, 0.25) is 0 Å². The summed E-state index contributed by atoms with van der Waals surface area (Å²) in [6.45, 7) is 1.14. The van der Waals surface area contributed by atoms with Crippen LogP contribution >= 0.6 is 0 Å². The van der Waals surface area contributed by atoms with Crippen LogP contribution in [0.4, 0.5) is 32.0 Å². The lowest BCUT2D eigenvalue weighted by Crippen LogP contribution is -2.45. The highest BCUT2D eigenvalue weighted by molar-refractivity contribution is 7.93. The van der Waals surface area contributed by atoms with E-state index in [1.54, 1.807) is 6.92 Å². The van der Waals surface area contributed by atoms with Gasteiger partial charge in [-0.2, -0.15) is 34.8 Å². The maximum atomic E-state index is 12.9. The molecule has 1 heterocycles. The Bertz CT molecular complexity index is 770. The number of nitrogens with zero attached hydrogens (tertiary/aromatic N) is 1. The molecule has 0 amide bonds. The maximum Gasteiger partial charge on any atom is 0.516 e. The van der Waals surface area contributed by atoms with Gasteiger partial charge in [0.2, 0.25) is 0 Å². The molecule has 1 aliphatic heterocycles. The van der Waals surface area contributed by atoms with E-state index < -0.39 is 44.9 Å². The molecule has 2 aliphatic rings. The number of anilines is 1. The molecule has 23 heavy (non-hydrogen) atoms. The van der Waals surface area contributed by atoms with Gasteiger partial charge in [0.1, 0.15) is 0 Å². The van der Waals surface area contributed by atoms with Crippen molar-refractivity contribution < 1.29 is 34.8 Å². The third-order valence-corrected chi connectivity index (χ3v) is 5.93. The van der Waals surface area contributed by atoms with Crippen LogP contribution in [-0.2, 0) is 16.2 Å². The number of fused-ring (bicyclic) bond motifs is 3. The number of sulfonamides is 1. The topological polar surface area (TPSA) is 37.4 Å². The number of benzene rings is 1. The largest absolute Gasteiger partial charge is 0.516 e. The Morgan fingerprint density at radius 3 is 2.30 bits per heavy atom. The van der Waals surface area contributed by atoms with Crippen LogP contribution < -0.4 is 4.31 Å². The Kier molecular flexibility index (Phi) is 3.10. The zero-order valence-corrected chi connectivity index (χ0v) is 12.5. The molecule has 1 saturated carbocycles. The highest BCUT2D eigenvalue weighted by Crippen LogP contribution is 2.65. The summed E-state index contributed by atoms with van der Waals surface area (Å²) in [4.78, 5) is 0. The molecule has 1 aliphatic carbocycles. The normalized spacial score (nSPS) is 27.4. The molecule has 0 bridgehead atoms. The van der Waals surface area contributed by atoms with Crippen molar-refractivity contribution in [1.82, 2.24) is 0 Å². The van der Waals surface area contributed by atoms with Crippen LogP contribution in [-0.4, -0.2) is 20.5 Å². The van der Waals surface area contributed by atoms with E-state index in [9.17, 15) is 34.8 Å². The first-order valence-corrected chi connectivity index (χ1v) is 8.01.